The number of hydrogen-bond donors (Lipinski definition) is 2. The molecule has 0 heterocycles. The van der Waals surface area contributed by atoms with Crippen molar-refractivity contribution in [3.8, 4) is 0 Å². The lowest BCUT2D eigenvalue weighted by atomic mass is 10.3. The second-order valence-corrected chi connectivity index (χ2v) is 2.55. The smallest absolute Gasteiger partial charge is 0.126 e. The van der Waals surface area contributed by atoms with Crippen molar-refractivity contribution in [3.05, 3.63) is 24.0 Å². The van der Waals surface area contributed by atoms with Gasteiger partial charge in [-0.1, -0.05) is 0 Å². The number of nitrogen functional groups attached to an aromatic ring is 1. The van der Waals surface area contributed by atoms with Crippen molar-refractivity contribution in [2.45, 2.75) is 4.90 Å². The number of hydrogen-bond acceptors (Lipinski definition) is 3. The molecule has 2 nitrogen and oxygen atoms in total. The predicted octanol–water partition coefficient (Wildman–Crippen LogP) is 1.37. The van der Waals surface area contributed by atoms with Crippen molar-refractivity contribution in [1.29, 1.82) is 0 Å². The summed E-state index contributed by atoms with van der Waals surface area (Å²) >= 11 is 0.977. The van der Waals surface area contributed by atoms with Crippen LogP contribution in [0.15, 0.2) is 23.1 Å². The standard InChI is InChI=1S/C6H7FN2S/c7-4-1-5(8)3-6(2-4)10-9/h1-3H,8-9H2. The fourth-order valence-electron chi connectivity index (χ4n) is 0.652. The fourth-order valence-corrected chi connectivity index (χ4v) is 1.04. The lowest BCUT2D eigenvalue weighted by molar-refractivity contribution is 0.625. The van der Waals surface area contributed by atoms with E-state index in [0.29, 0.717) is 10.6 Å². The molecule has 0 fully saturated rings. The van der Waals surface area contributed by atoms with Crippen molar-refractivity contribution < 1.29 is 4.39 Å². The van der Waals surface area contributed by atoms with Crippen LogP contribution in [0.5, 0.6) is 0 Å². The molecule has 0 amide bonds. The van der Waals surface area contributed by atoms with Crippen LogP contribution in [0.3, 0.4) is 0 Å². The van der Waals surface area contributed by atoms with E-state index in [-0.39, 0.29) is 5.82 Å². The van der Waals surface area contributed by atoms with Crippen LogP contribution in [-0.2, 0) is 0 Å². The summed E-state index contributed by atoms with van der Waals surface area (Å²) in [6.07, 6.45) is 0. The van der Waals surface area contributed by atoms with Gasteiger partial charge in [0.1, 0.15) is 5.82 Å². The van der Waals surface area contributed by atoms with Crippen LogP contribution in [0.1, 0.15) is 0 Å². The molecule has 54 valence electrons. The van der Waals surface area contributed by atoms with Crippen LogP contribution in [0, 0.1) is 5.82 Å². The highest BCUT2D eigenvalue weighted by molar-refractivity contribution is 7.97. The summed E-state index contributed by atoms with van der Waals surface area (Å²) < 4.78 is 12.5. The van der Waals surface area contributed by atoms with Gasteiger partial charge in [0.2, 0.25) is 0 Å². The molecule has 10 heavy (non-hydrogen) atoms. The molecule has 0 aliphatic rings. The second-order valence-electron chi connectivity index (χ2n) is 1.84. The van der Waals surface area contributed by atoms with E-state index in [1.807, 2.05) is 0 Å². The average molecular weight is 158 g/mol. The van der Waals surface area contributed by atoms with E-state index in [4.69, 9.17) is 10.9 Å². The maximum atomic E-state index is 12.5. The van der Waals surface area contributed by atoms with Gasteiger partial charge < -0.3 is 5.73 Å². The van der Waals surface area contributed by atoms with Gasteiger partial charge in [-0.2, -0.15) is 0 Å². The zero-order valence-electron chi connectivity index (χ0n) is 5.17. The maximum absolute atomic E-state index is 12.5. The number of rotatable bonds is 1. The van der Waals surface area contributed by atoms with Crippen LogP contribution in [0.2, 0.25) is 0 Å². The van der Waals surface area contributed by atoms with Crippen LogP contribution in [-0.4, -0.2) is 0 Å². The van der Waals surface area contributed by atoms with Gasteiger partial charge in [0.25, 0.3) is 0 Å². The molecular formula is C6H7FN2S. The molecule has 1 aromatic rings. The molecule has 0 aliphatic carbocycles. The van der Waals surface area contributed by atoms with Gasteiger partial charge in [0.05, 0.1) is 0 Å². The number of anilines is 1. The minimum absolute atomic E-state index is 0.354. The Morgan fingerprint density at radius 1 is 1.30 bits per heavy atom. The summed E-state index contributed by atoms with van der Waals surface area (Å²) in [5.74, 6) is -0.354. The topological polar surface area (TPSA) is 52.0 Å². The normalized spacial score (nSPS) is 9.80. The summed E-state index contributed by atoms with van der Waals surface area (Å²) in [4.78, 5) is 0.637. The number of benzene rings is 1. The van der Waals surface area contributed by atoms with Crippen molar-refractivity contribution in [3.63, 3.8) is 0 Å². The summed E-state index contributed by atoms with van der Waals surface area (Å²) in [7, 11) is 0. The van der Waals surface area contributed by atoms with Gasteiger partial charge in [0, 0.05) is 10.6 Å². The minimum atomic E-state index is -0.354. The lowest BCUT2D eigenvalue weighted by Crippen LogP contribution is -1.88. The van der Waals surface area contributed by atoms with Crippen molar-refractivity contribution in [2.75, 3.05) is 5.73 Å². The Morgan fingerprint density at radius 2 is 2.00 bits per heavy atom. The van der Waals surface area contributed by atoms with E-state index >= 15 is 0 Å². The SMILES string of the molecule is NSc1cc(N)cc(F)c1. The van der Waals surface area contributed by atoms with E-state index in [1.54, 1.807) is 6.07 Å². The van der Waals surface area contributed by atoms with Crippen LogP contribution < -0.4 is 10.9 Å². The van der Waals surface area contributed by atoms with Crippen molar-refractivity contribution >= 4 is 17.6 Å². The van der Waals surface area contributed by atoms with Gasteiger partial charge in [-0.3, -0.25) is 5.14 Å². The molecule has 0 atom stereocenters. The molecule has 0 saturated heterocycles. The van der Waals surface area contributed by atoms with Gasteiger partial charge >= 0.3 is 0 Å². The predicted molar refractivity (Wildman–Crippen MR) is 40.9 cm³/mol. The molecule has 0 bridgehead atoms. The van der Waals surface area contributed by atoms with E-state index < -0.39 is 0 Å². The Kier molecular flexibility index (Phi) is 2.13. The molecule has 0 aliphatic heterocycles. The van der Waals surface area contributed by atoms with Gasteiger partial charge in [-0.15, -0.1) is 0 Å². The fraction of sp³-hybridized carbons (Fsp3) is 0. The summed E-state index contributed by atoms with van der Waals surface area (Å²) in [6, 6.07) is 4.20. The molecule has 4 heteroatoms. The van der Waals surface area contributed by atoms with E-state index in [0.717, 1.165) is 11.9 Å². The molecule has 0 saturated carbocycles. The first kappa shape index (κ1) is 7.37. The Morgan fingerprint density at radius 3 is 2.50 bits per heavy atom. The Labute approximate surface area is 62.5 Å². The Balaban J connectivity index is 3.06. The highest BCUT2D eigenvalue weighted by Gasteiger charge is 1.95. The van der Waals surface area contributed by atoms with E-state index in [2.05, 4.69) is 0 Å². The summed E-state index contributed by atoms with van der Waals surface area (Å²) in [6.45, 7) is 0. The molecule has 1 aromatic carbocycles. The lowest BCUT2D eigenvalue weighted by Gasteiger charge is -1.97. The quantitative estimate of drug-likeness (QED) is 0.479. The largest absolute Gasteiger partial charge is 0.399 e. The average Bonchev–Trinajstić information content (AvgIpc) is 1.85. The molecule has 0 unspecified atom stereocenters. The van der Waals surface area contributed by atoms with Crippen molar-refractivity contribution in [2.24, 2.45) is 5.14 Å². The summed E-state index contributed by atoms with van der Waals surface area (Å²) in [5, 5.41) is 5.18. The van der Waals surface area contributed by atoms with E-state index in [9.17, 15) is 4.39 Å². The first-order valence-electron chi connectivity index (χ1n) is 2.65. The molecular weight excluding hydrogens is 151 g/mol. The van der Waals surface area contributed by atoms with Gasteiger partial charge in [0.15, 0.2) is 0 Å². The maximum Gasteiger partial charge on any atom is 0.126 e. The monoisotopic (exact) mass is 158 g/mol. The Hall–Kier alpha value is -0.740. The molecule has 0 radical (unpaired) electrons. The third-order valence-electron chi connectivity index (χ3n) is 1.03. The third kappa shape index (κ3) is 1.62. The second kappa shape index (κ2) is 2.90. The third-order valence-corrected chi connectivity index (χ3v) is 1.54. The van der Waals surface area contributed by atoms with Crippen LogP contribution in [0.4, 0.5) is 10.1 Å². The molecule has 1 rings (SSSR count). The number of nitrogens with two attached hydrogens (primary N) is 2. The number of halogens is 1. The van der Waals surface area contributed by atoms with E-state index in [1.165, 1.54) is 12.1 Å². The molecule has 0 aromatic heterocycles. The molecule has 0 spiro atoms. The van der Waals surface area contributed by atoms with Crippen LogP contribution >= 0.6 is 11.9 Å². The van der Waals surface area contributed by atoms with Gasteiger partial charge in [-0.25, -0.2) is 4.39 Å². The molecule has 4 N–H and O–H groups in total. The van der Waals surface area contributed by atoms with Gasteiger partial charge in [-0.05, 0) is 30.1 Å². The highest BCUT2D eigenvalue weighted by atomic mass is 32.2. The summed E-state index contributed by atoms with van der Waals surface area (Å²) in [5.41, 5.74) is 5.72. The van der Waals surface area contributed by atoms with Crippen LogP contribution in [0.25, 0.3) is 0 Å². The first-order valence-corrected chi connectivity index (χ1v) is 3.53. The zero-order valence-corrected chi connectivity index (χ0v) is 5.99. The zero-order chi connectivity index (χ0) is 7.56. The van der Waals surface area contributed by atoms with Crippen molar-refractivity contribution in [1.82, 2.24) is 0 Å². The minimum Gasteiger partial charge on any atom is -0.399 e. The first-order chi connectivity index (χ1) is 4.72. The Bertz CT molecular complexity index is 219. The highest BCUT2D eigenvalue weighted by Crippen LogP contribution is 2.16.